The molecule has 154 valence electrons. The van der Waals surface area contributed by atoms with Crippen LogP contribution in [0, 0.1) is 10.1 Å². The standard InChI is InChI=1S/C22H28N4O3/c1-3-4-13-23(2)19-11-9-18(10-12-19)22(27)25-16-14-24(15-17-25)20-7-5-6-8-21(20)26(28)29/h5-12H,3-4,13-17H2,1-2H3. The van der Waals surface area contributed by atoms with E-state index < -0.39 is 0 Å². The zero-order chi connectivity index (χ0) is 20.8. The van der Waals surface area contributed by atoms with Gasteiger partial charge in [-0.3, -0.25) is 14.9 Å². The molecule has 0 radical (unpaired) electrons. The van der Waals surface area contributed by atoms with Gasteiger partial charge in [-0.15, -0.1) is 0 Å². The van der Waals surface area contributed by atoms with E-state index in [1.165, 1.54) is 6.07 Å². The van der Waals surface area contributed by atoms with Crippen LogP contribution in [0.3, 0.4) is 0 Å². The van der Waals surface area contributed by atoms with E-state index in [-0.39, 0.29) is 16.5 Å². The predicted molar refractivity (Wildman–Crippen MR) is 116 cm³/mol. The lowest BCUT2D eigenvalue weighted by molar-refractivity contribution is -0.384. The van der Waals surface area contributed by atoms with Gasteiger partial charge in [0.2, 0.25) is 0 Å². The second-order valence-electron chi connectivity index (χ2n) is 7.35. The Morgan fingerprint density at radius 1 is 1.07 bits per heavy atom. The highest BCUT2D eigenvalue weighted by molar-refractivity contribution is 5.94. The minimum absolute atomic E-state index is 0.00923. The van der Waals surface area contributed by atoms with Gasteiger partial charge < -0.3 is 14.7 Å². The smallest absolute Gasteiger partial charge is 0.292 e. The zero-order valence-electron chi connectivity index (χ0n) is 17.1. The Labute approximate surface area is 171 Å². The molecule has 2 aromatic rings. The molecule has 29 heavy (non-hydrogen) atoms. The number of nitro groups is 1. The van der Waals surface area contributed by atoms with E-state index in [0.717, 1.165) is 25.1 Å². The van der Waals surface area contributed by atoms with Gasteiger partial charge in [-0.25, -0.2) is 0 Å². The van der Waals surface area contributed by atoms with Gasteiger partial charge in [0.1, 0.15) is 5.69 Å². The Morgan fingerprint density at radius 3 is 2.34 bits per heavy atom. The summed E-state index contributed by atoms with van der Waals surface area (Å²) in [5, 5.41) is 11.3. The Hall–Kier alpha value is -3.09. The van der Waals surface area contributed by atoms with Crippen molar-refractivity contribution in [3.8, 4) is 0 Å². The van der Waals surface area contributed by atoms with E-state index in [9.17, 15) is 14.9 Å². The average molecular weight is 396 g/mol. The van der Waals surface area contributed by atoms with Crippen molar-refractivity contribution >= 4 is 23.0 Å². The molecule has 0 bridgehead atoms. The maximum absolute atomic E-state index is 12.9. The summed E-state index contributed by atoms with van der Waals surface area (Å²) in [6.07, 6.45) is 2.29. The molecule has 1 aliphatic rings. The molecule has 0 spiro atoms. The Balaban J connectivity index is 1.61. The number of nitrogens with zero attached hydrogens (tertiary/aromatic N) is 4. The minimum atomic E-state index is -0.355. The number of amides is 1. The number of benzene rings is 2. The number of unbranched alkanes of at least 4 members (excludes halogenated alkanes) is 1. The van der Waals surface area contributed by atoms with Crippen LogP contribution < -0.4 is 9.80 Å². The monoisotopic (exact) mass is 396 g/mol. The van der Waals surface area contributed by atoms with Gasteiger partial charge in [0.05, 0.1) is 4.92 Å². The van der Waals surface area contributed by atoms with Crippen molar-refractivity contribution < 1.29 is 9.72 Å². The normalized spacial score (nSPS) is 14.0. The van der Waals surface area contributed by atoms with Crippen molar-refractivity contribution in [3.63, 3.8) is 0 Å². The van der Waals surface area contributed by atoms with Crippen LogP contribution in [-0.2, 0) is 0 Å². The molecule has 0 unspecified atom stereocenters. The molecule has 0 N–H and O–H groups in total. The number of anilines is 2. The number of carbonyl (C=O) groups excluding carboxylic acids is 1. The molecule has 1 amide bonds. The fourth-order valence-electron chi connectivity index (χ4n) is 3.60. The number of nitro benzene ring substituents is 1. The van der Waals surface area contributed by atoms with Crippen molar-refractivity contribution in [3.05, 3.63) is 64.2 Å². The maximum atomic E-state index is 12.9. The van der Waals surface area contributed by atoms with Crippen LogP contribution in [0.1, 0.15) is 30.1 Å². The lowest BCUT2D eigenvalue weighted by Crippen LogP contribution is -2.48. The van der Waals surface area contributed by atoms with Gasteiger partial charge in [-0.05, 0) is 36.8 Å². The Kier molecular flexibility index (Phi) is 6.69. The highest BCUT2D eigenvalue weighted by Gasteiger charge is 2.26. The third-order valence-corrected chi connectivity index (χ3v) is 5.39. The van der Waals surface area contributed by atoms with E-state index in [2.05, 4.69) is 18.9 Å². The molecular formula is C22H28N4O3. The van der Waals surface area contributed by atoms with Crippen molar-refractivity contribution in [1.29, 1.82) is 0 Å². The van der Waals surface area contributed by atoms with Crippen LogP contribution in [-0.4, -0.2) is 55.5 Å². The molecular weight excluding hydrogens is 368 g/mol. The number of piperazine rings is 1. The lowest BCUT2D eigenvalue weighted by Gasteiger charge is -2.35. The van der Waals surface area contributed by atoms with Gasteiger partial charge in [-0.1, -0.05) is 25.5 Å². The molecule has 1 heterocycles. The second kappa shape index (κ2) is 9.41. The Bertz CT molecular complexity index is 845. The summed E-state index contributed by atoms with van der Waals surface area (Å²) in [7, 11) is 2.06. The molecule has 7 heteroatoms. The number of para-hydroxylation sites is 2. The van der Waals surface area contributed by atoms with Crippen molar-refractivity contribution in [2.75, 3.05) is 49.6 Å². The van der Waals surface area contributed by atoms with Crippen molar-refractivity contribution in [2.45, 2.75) is 19.8 Å². The number of hydrogen-bond acceptors (Lipinski definition) is 5. The third kappa shape index (κ3) is 4.85. The highest BCUT2D eigenvalue weighted by atomic mass is 16.6. The lowest BCUT2D eigenvalue weighted by atomic mass is 10.1. The number of rotatable bonds is 7. The third-order valence-electron chi connectivity index (χ3n) is 5.39. The van der Waals surface area contributed by atoms with Gasteiger partial charge in [0, 0.05) is 57.1 Å². The van der Waals surface area contributed by atoms with Crippen LogP contribution in [0.5, 0.6) is 0 Å². The first-order chi connectivity index (χ1) is 14.0. The van der Waals surface area contributed by atoms with Crippen molar-refractivity contribution in [1.82, 2.24) is 4.90 Å². The quantitative estimate of drug-likeness (QED) is 0.526. The van der Waals surface area contributed by atoms with Crippen LogP contribution in [0.4, 0.5) is 17.1 Å². The van der Waals surface area contributed by atoms with E-state index in [1.54, 1.807) is 18.2 Å². The van der Waals surface area contributed by atoms with Gasteiger partial charge in [-0.2, -0.15) is 0 Å². The summed E-state index contributed by atoms with van der Waals surface area (Å²) < 4.78 is 0. The fourth-order valence-corrected chi connectivity index (χ4v) is 3.60. The van der Waals surface area contributed by atoms with Crippen LogP contribution >= 0.6 is 0 Å². The number of carbonyl (C=O) groups is 1. The molecule has 0 atom stereocenters. The first-order valence-corrected chi connectivity index (χ1v) is 10.1. The first kappa shape index (κ1) is 20.6. The zero-order valence-corrected chi connectivity index (χ0v) is 17.1. The molecule has 1 fully saturated rings. The van der Waals surface area contributed by atoms with E-state index >= 15 is 0 Å². The highest BCUT2D eigenvalue weighted by Crippen LogP contribution is 2.28. The molecule has 0 aliphatic carbocycles. The van der Waals surface area contributed by atoms with Gasteiger partial charge in [0.15, 0.2) is 0 Å². The van der Waals surface area contributed by atoms with E-state index in [0.29, 0.717) is 37.4 Å². The summed E-state index contributed by atoms with van der Waals surface area (Å²) in [6, 6.07) is 14.5. The van der Waals surface area contributed by atoms with Crippen molar-refractivity contribution in [2.24, 2.45) is 0 Å². The predicted octanol–water partition coefficient (Wildman–Crippen LogP) is 3.79. The molecule has 1 saturated heterocycles. The summed E-state index contributed by atoms with van der Waals surface area (Å²) in [6.45, 7) is 5.41. The van der Waals surface area contributed by atoms with E-state index in [4.69, 9.17) is 0 Å². The minimum Gasteiger partial charge on any atom is -0.375 e. The largest absolute Gasteiger partial charge is 0.375 e. The SMILES string of the molecule is CCCCN(C)c1ccc(C(=O)N2CCN(c3ccccc3[N+](=O)[O-])CC2)cc1. The summed E-state index contributed by atoms with van der Waals surface area (Å²) >= 11 is 0. The average Bonchev–Trinajstić information content (AvgIpc) is 2.77. The molecule has 0 aromatic heterocycles. The fraction of sp³-hybridized carbons (Fsp3) is 0.409. The molecule has 2 aromatic carbocycles. The summed E-state index contributed by atoms with van der Waals surface area (Å²) in [5.41, 5.74) is 2.51. The summed E-state index contributed by atoms with van der Waals surface area (Å²) in [4.78, 5) is 29.8. The van der Waals surface area contributed by atoms with Gasteiger partial charge >= 0.3 is 0 Å². The number of hydrogen-bond donors (Lipinski definition) is 0. The van der Waals surface area contributed by atoms with Gasteiger partial charge in [0.25, 0.3) is 11.6 Å². The topological polar surface area (TPSA) is 69.9 Å². The molecule has 7 nitrogen and oxygen atoms in total. The first-order valence-electron chi connectivity index (χ1n) is 10.1. The molecule has 0 saturated carbocycles. The van der Waals surface area contributed by atoms with E-state index in [1.807, 2.05) is 34.1 Å². The van der Waals surface area contributed by atoms with Crippen LogP contribution in [0.15, 0.2) is 48.5 Å². The molecule has 1 aliphatic heterocycles. The molecule has 3 rings (SSSR count). The maximum Gasteiger partial charge on any atom is 0.292 e. The summed E-state index contributed by atoms with van der Waals surface area (Å²) in [5.74, 6) is 0.00923. The van der Waals surface area contributed by atoms with Crippen LogP contribution in [0.25, 0.3) is 0 Å². The Morgan fingerprint density at radius 2 is 1.72 bits per heavy atom. The van der Waals surface area contributed by atoms with Crippen LogP contribution in [0.2, 0.25) is 0 Å². The second-order valence-corrected chi connectivity index (χ2v) is 7.35.